The minimum Gasteiger partial charge on any atom is -0.322 e. The molecular weight excluding hydrogens is 367 g/mol. The summed E-state index contributed by atoms with van der Waals surface area (Å²) in [5, 5.41) is 2.68. The Morgan fingerprint density at radius 2 is 1.64 bits per heavy atom. The number of hydrogen-bond acceptors (Lipinski definition) is 2. The molecule has 0 saturated heterocycles. The average molecular weight is 381 g/mol. The summed E-state index contributed by atoms with van der Waals surface area (Å²) < 4.78 is 39.7. The molecule has 0 radical (unpaired) electrons. The third-order valence-electron chi connectivity index (χ3n) is 4.28. The highest BCUT2D eigenvalue weighted by Crippen LogP contribution is 2.29. The maximum Gasteiger partial charge on any atom is 0.416 e. The molecule has 1 amide bonds. The Labute approximate surface area is 158 Å². The van der Waals surface area contributed by atoms with Gasteiger partial charge in [-0.1, -0.05) is 18.2 Å². The molecule has 2 aromatic carbocycles. The summed E-state index contributed by atoms with van der Waals surface area (Å²) in [4.78, 5) is 16.8. The van der Waals surface area contributed by atoms with Crippen molar-refractivity contribution in [3.05, 3.63) is 90.3 Å². The first-order chi connectivity index (χ1) is 13.4. The van der Waals surface area contributed by atoms with Crippen LogP contribution in [0.3, 0.4) is 0 Å². The number of anilines is 1. The number of alkyl halides is 3. The third kappa shape index (κ3) is 3.59. The zero-order chi connectivity index (χ0) is 19.7. The molecule has 4 aromatic rings. The Bertz CT molecular complexity index is 1100. The number of amides is 1. The van der Waals surface area contributed by atoms with E-state index in [1.165, 1.54) is 0 Å². The van der Waals surface area contributed by atoms with Crippen LogP contribution in [0.5, 0.6) is 0 Å². The first-order valence-corrected chi connectivity index (χ1v) is 8.43. The number of rotatable bonds is 3. The number of aromatic nitrogens is 2. The number of nitrogens with zero attached hydrogens (tertiary/aromatic N) is 2. The molecule has 0 fully saturated rings. The van der Waals surface area contributed by atoms with E-state index < -0.39 is 17.6 Å². The lowest BCUT2D eigenvalue weighted by atomic mass is 10.1. The smallest absolute Gasteiger partial charge is 0.322 e. The summed E-state index contributed by atoms with van der Waals surface area (Å²) >= 11 is 0. The molecule has 0 spiro atoms. The molecule has 2 aromatic heterocycles. The van der Waals surface area contributed by atoms with Gasteiger partial charge in [0.25, 0.3) is 5.91 Å². The van der Waals surface area contributed by atoms with Crippen LogP contribution in [-0.2, 0) is 6.18 Å². The van der Waals surface area contributed by atoms with Gasteiger partial charge >= 0.3 is 6.18 Å². The normalized spacial score (nSPS) is 11.5. The molecule has 7 heteroatoms. The second-order valence-corrected chi connectivity index (χ2v) is 6.20. The fourth-order valence-electron chi connectivity index (χ4n) is 2.81. The number of carbonyl (C=O) groups is 1. The average Bonchev–Trinajstić information content (AvgIpc) is 3.12. The molecule has 28 heavy (non-hydrogen) atoms. The summed E-state index contributed by atoms with van der Waals surface area (Å²) in [5.41, 5.74) is 2.41. The van der Waals surface area contributed by atoms with E-state index in [1.54, 1.807) is 12.1 Å². The van der Waals surface area contributed by atoms with Crippen LogP contribution in [0.1, 0.15) is 15.9 Å². The van der Waals surface area contributed by atoms with E-state index in [0.29, 0.717) is 5.69 Å². The van der Waals surface area contributed by atoms with Crippen LogP contribution < -0.4 is 5.32 Å². The van der Waals surface area contributed by atoms with Crippen molar-refractivity contribution in [1.82, 2.24) is 9.38 Å². The van der Waals surface area contributed by atoms with Crippen LogP contribution in [0.15, 0.2) is 79.1 Å². The minimum atomic E-state index is -4.43. The molecular formula is C21H14F3N3O. The van der Waals surface area contributed by atoms with Crippen molar-refractivity contribution in [3.8, 4) is 11.3 Å². The highest BCUT2D eigenvalue weighted by Gasteiger charge is 2.30. The van der Waals surface area contributed by atoms with Crippen molar-refractivity contribution >= 4 is 17.2 Å². The van der Waals surface area contributed by atoms with E-state index in [-0.39, 0.29) is 5.56 Å². The highest BCUT2D eigenvalue weighted by atomic mass is 19.4. The summed E-state index contributed by atoms with van der Waals surface area (Å²) in [5.74, 6) is -0.478. The highest BCUT2D eigenvalue weighted by molar-refractivity contribution is 6.04. The number of nitrogens with one attached hydrogen (secondary N) is 1. The first-order valence-electron chi connectivity index (χ1n) is 8.43. The first kappa shape index (κ1) is 17.8. The fourth-order valence-corrected chi connectivity index (χ4v) is 2.81. The number of carbonyl (C=O) groups excluding carboxylic acids is 1. The number of benzene rings is 2. The quantitative estimate of drug-likeness (QED) is 0.525. The van der Waals surface area contributed by atoms with E-state index >= 15 is 0 Å². The van der Waals surface area contributed by atoms with Crippen LogP contribution in [0.25, 0.3) is 16.9 Å². The van der Waals surface area contributed by atoms with Crippen molar-refractivity contribution in [1.29, 1.82) is 0 Å². The molecule has 2 heterocycles. The van der Waals surface area contributed by atoms with Crippen LogP contribution in [0.2, 0.25) is 0 Å². The molecule has 0 aliphatic rings. The van der Waals surface area contributed by atoms with Gasteiger partial charge in [0, 0.05) is 29.2 Å². The van der Waals surface area contributed by atoms with Gasteiger partial charge in [-0.15, -0.1) is 0 Å². The van der Waals surface area contributed by atoms with E-state index in [0.717, 1.165) is 41.2 Å². The Hall–Kier alpha value is -3.61. The largest absolute Gasteiger partial charge is 0.416 e. The van der Waals surface area contributed by atoms with Gasteiger partial charge in [0.15, 0.2) is 0 Å². The van der Waals surface area contributed by atoms with Crippen LogP contribution in [0, 0.1) is 0 Å². The van der Waals surface area contributed by atoms with Crippen LogP contribution in [-0.4, -0.2) is 15.3 Å². The molecule has 0 unspecified atom stereocenters. The summed E-state index contributed by atoms with van der Waals surface area (Å²) in [7, 11) is 0. The van der Waals surface area contributed by atoms with Crippen molar-refractivity contribution < 1.29 is 18.0 Å². The van der Waals surface area contributed by atoms with Gasteiger partial charge < -0.3 is 9.72 Å². The molecule has 1 N–H and O–H groups in total. The molecule has 0 saturated carbocycles. The zero-order valence-corrected chi connectivity index (χ0v) is 14.4. The Balaban J connectivity index is 1.49. The SMILES string of the molecule is O=C(Nc1ccc(-c2cn3ccccc3n2)cc1)c1ccc(C(F)(F)F)cc1. The maximum absolute atomic E-state index is 12.6. The van der Waals surface area contributed by atoms with Gasteiger partial charge in [-0.25, -0.2) is 4.98 Å². The second kappa shape index (κ2) is 6.84. The van der Waals surface area contributed by atoms with Gasteiger partial charge in [-0.2, -0.15) is 13.2 Å². The monoisotopic (exact) mass is 381 g/mol. The lowest BCUT2D eigenvalue weighted by molar-refractivity contribution is -0.137. The molecule has 140 valence electrons. The van der Waals surface area contributed by atoms with E-state index in [1.807, 2.05) is 47.1 Å². The Morgan fingerprint density at radius 3 is 2.29 bits per heavy atom. The molecule has 0 aliphatic carbocycles. The van der Waals surface area contributed by atoms with Gasteiger partial charge in [-0.3, -0.25) is 4.79 Å². The zero-order valence-electron chi connectivity index (χ0n) is 14.4. The number of fused-ring (bicyclic) bond motifs is 1. The van der Waals surface area contributed by atoms with Crippen LogP contribution in [0.4, 0.5) is 18.9 Å². The van der Waals surface area contributed by atoms with Gasteiger partial charge in [0.2, 0.25) is 0 Å². The number of pyridine rings is 1. The maximum atomic E-state index is 12.6. The van der Waals surface area contributed by atoms with Crippen molar-refractivity contribution in [2.24, 2.45) is 0 Å². The van der Waals surface area contributed by atoms with Gasteiger partial charge in [-0.05, 0) is 48.5 Å². The third-order valence-corrected chi connectivity index (χ3v) is 4.28. The lowest BCUT2D eigenvalue weighted by Gasteiger charge is -2.08. The van der Waals surface area contributed by atoms with E-state index in [4.69, 9.17) is 0 Å². The van der Waals surface area contributed by atoms with E-state index in [9.17, 15) is 18.0 Å². The van der Waals surface area contributed by atoms with Crippen LogP contribution >= 0.6 is 0 Å². The summed E-state index contributed by atoms with van der Waals surface area (Å²) in [6.45, 7) is 0. The predicted octanol–water partition coefficient (Wildman–Crippen LogP) is 5.27. The standard InChI is InChI=1S/C21H14F3N3O/c22-21(23,24)16-8-4-15(5-9-16)20(28)25-17-10-6-14(7-11-17)18-13-27-12-2-1-3-19(27)26-18/h1-13H,(H,25,28). The predicted molar refractivity (Wildman–Crippen MR) is 100 cm³/mol. The number of imidazole rings is 1. The Morgan fingerprint density at radius 1 is 0.929 bits per heavy atom. The van der Waals surface area contributed by atoms with Crippen molar-refractivity contribution in [2.75, 3.05) is 5.32 Å². The summed E-state index contributed by atoms with van der Waals surface area (Å²) in [6.07, 6.45) is -0.613. The van der Waals surface area contributed by atoms with Gasteiger partial charge in [0.05, 0.1) is 11.3 Å². The van der Waals surface area contributed by atoms with Crippen molar-refractivity contribution in [3.63, 3.8) is 0 Å². The molecule has 0 atom stereocenters. The number of halogens is 3. The summed E-state index contributed by atoms with van der Waals surface area (Å²) in [6, 6.07) is 16.9. The minimum absolute atomic E-state index is 0.150. The number of hydrogen-bond donors (Lipinski definition) is 1. The Kier molecular flexibility index (Phi) is 4.35. The fraction of sp³-hybridized carbons (Fsp3) is 0.0476. The lowest BCUT2D eigenvalue weighted by Crippen LogP contribution is -2.12. The van der Waals surface area contributed by atoms with E-state index in [2.05, 4.69) is 10.3 Å². The molecule has 0 bridgehead atoms. The van der Waals surface area contributed by atoms with Crippen molar-refractivity contribution in [2.45, 2.75) is 6.18 Å². The molecule has 0 aliphatic heterocycles. The molecule has 4 nitrogen and oxygen atoms in total. The molecule has 4 rings (SSSR count). The topological polar surface area (TPSA) is 46.4 Å². The second-order valence-electron chi connectivity index (χ2n) is 6.20. The van der Waals surface area contributed by atoms with Gasteiger partial charge in [0.1, 0.15) is 5.65 Å².